The summed E-state index contributed by atoms with van der Waals surface area (Å²) in [5, 5.41) is 3.64. The van der Waals surface area contributed by atoms with Gasteiger partial charge in [-0.1, -0.05) is 51.1 Å². The van der Waals surface area contributed by atoms with Crippen LogP contribution in [0.15, 0.2) is 42.7 Å². The van der Waals surface area contributed by atoms with Crippen molar-refractivity contribution in [2.24, 2.45) is 0 Å². The first-order valence-electron chi connectivity index (χ1n) is 7.61. The monoisotopic (exact) mass is 271 g/mol. The Morgan fingerprint density at radius 3 is 2.50 bits per heavy atom. The Morgan fingerprint density at radius 2 is 1.90 bits per heavy atom. The van der Waals surface area contributed by atoms with Crippen LogP contribution in [0.4, 0.5) is 0 Å². The van der Waals surface area contributed by atoms with E-state index in [9.17, 15) is 0 Å². The van der Waals surface area contributed by atoms with Crippen molar-refractivity contribution in [1.82, 2.24) is 14.9 Å². The molecule has 2 unspecified atom stereocenters. The Bertz CT molecular complexity index is 504. The highest BCUT2D eigenvalue weighted by molar-refractivity contribution is 5.21. The van der Waals surface area contributed by atoms with E-state index in [2.05, 4.69) is 72.2 Å². The van der Waals surface area contributed by atoms with Crippen LogP contribution in [0.2, 0.25) is 0 Å². The van der Waals surface area contributed by atoms with Crippen molar-refractivity contribution < 1.29 is 0 Å². The smallest absolute Gasteiger partial charge is 0.108 e. The molecule has 3 nitrogen and oxygen atoms in total. The third-order valence-electron chi connectivity index (χ3n) is 3.81. The number of likely N-dealkylation sites (N-methyl/N-ethyl adjacent to an activating group) is 1. The molecule has 1 aromatic heterocycles. The van der Waals surface area contributed by atoms with Gasteiger partial charge in [0.25, 0.3) is 0 Å². The topological polar surface area (TPSA) is 29.9 Å². The highest BCUT2D eigenvalue weighted by atomic mass is 15.1. The summed E-state index contributed by atoms with van der Waals surface area (Å²) < 4.78 is 2.33. The maximum Gasteiger partial charge on any atom is 0.108 e. The van der Waals surface area contributed by atoms with E-state index in [1.807, 2.05) is 6.20 Å². The van der Waals surface area contributed by atoms with Gasteiger partial charge in [0.1, 0.15) is 5.82 Å². The average Bonchev–Trinajstić information content (AvgIpc) is 2.96. The van der Waals surface area contributed by atoms with Crippen LogP contribution < -0.4 is 5.32 Å². The summed E-state index contributed by atoms with van der Waals surface area (Å²) in [4.78, 5) is 4.47. The van der Waals surface area contributed by atoms with E-state index in [-0.39, 0.29) is 0 Å². The summed E-state index contributed by atoms with van der Waals surface area (Å²) in [6.07, 6.45) is 6.07. The normalized spacial score (nSPS) is 14.2. The fraction of sp³-hybridized carbons (Fsp3) is 0.471. The van der Waals surface area contributed by atoms with Gasteiger partial charge in [0, 0.05) is 18.8 Å². The first kappa shape index (κ1) is 14.8. The number of aromatic nitrogens is 2. The second-order valence-corrected chi connectivity index (χ2v) is 5.03. The molecule has 0 amide bonds. The molecule has 1 N–H and O–H groups in total. The van der Waals surface area contributed by atoms with Crippen molar-refractivity contribution in [3.05, 3.63) is 54.1 Å². The zero-order valence-electron chi connectivity index (χ0n) is 12.7. The lowest BCUT2D eigenvalue weighted by molar-refractivity contribution is 0.343. The molecule has 2 aromatic rings. The molecule has 0 bridgehead atoms. The quantitative estimate of drug-likeness (QED) is 0.831. The minimum atomic E-state index is 0.325. The highest BCUT2D eigenvalue weighted by Gasteiger charge is 2.23. The van der Waals surface area contributed by atoms with Gasteiger partial charge in [-0.05, 0) is 18.5 Å². The van der Waals surface area contributed by atoms with Crippen LogP contribution in [0.3, 0.4) is 0 Å². The molecule has 20 heavy (non-hydrogen) atoms. The van der Waals surface area contributed by atoms with E-state index < -0.39 is 0 Å². The molecule has 2 atom stereocenters. The Morgan fingerprint density at radius 1 is 1.15 bits per heavy atom. The molecule has 0 aliphatic rings. The lowest BCUT2D eigenvalue weighted by atomic mass is 9.96. The van der Waals surface area contributed by atoms with Gasteiger partial charge in [0.05, 0.1) is 12.1 Å². The standard InChI is InChI=1S/C17H25N3/c1-4-15(20-13-12-19-16(20)5-2)17(18-6-3)14-10-8-7-9-11-14/h7-13,15,17-18H,4-6H2,1-3H3. The largest absolute Gasteiger partial charge is 0.330 e. The van der Waals surface area contributed by atoms with E-state index in [1.54, 1.807) is 0 Å². The van der Waals surface area contributed by atoms with Crippen LogP contribution in [0, 0.1) is 0 Å². The molecule has 108 valence electrons. The van der Waals surface area contributed by atoms with Crippen LogP contribution >= 0.6 is 0 Å². The van der Waals surface area contributed by atoms with E-state index >= 15 is 0 Å². The van der Waals surface area contributed by atoms with Gasteiger partial charge in [0.15, 0.2) is 0 Å². The second-order valence-electron chi connectivity index (χ2n) is 5.03. The maximum absolute atomic E-state index is 4.47. The van der Waals surface area contributed by atoms with Crippen LogP contribution in [0.25, 0.3) is 0 Å². The van der Waals surface area contributed by atoms with Gasteiger partial charge in [-0.2, -0.15) is 0 Å². The fourth-order valence-electron chi connectivity index (χ4n) is 2.87. The highest BCUT2D eigenvalue weighted by Crippen LogP contribution is 2.30. The number of aryl methyl sites for hydroxylation is 1. The number of benzene rings is 1. The Labute approximate surface area is 122 Å². The summed E-state index contributed by atoms with van der Waals surface area (Å²) in [6, 6.07) is 11.4. The molecule has 0 aliphatic carbocycles. The summed E-state index contributed by atoms with van der Waals surface area (Å²) >= 11 is 0. The van der Waals surface area contributed by atoms with Gasteiger partial charge in [-0.3, -0.25) is 0 Å². The van der Waals surface area contributed by atoms with Crippen molar-refractivity contribution in [1.29, 1.82) is 0 Å². The average molecular weight is 271 g/mol. The van der Waals surface area contributed by atoms with E-state index in [4.69, 9.17) is 0 Å². The number of imidazole rings is 1. The Hall–Kier alpha value is -1.61. The molecule has 1 heterocycles. The number of hydrogen-bond donors (Lipinski definition) is 1. The zero-order valence-corrected chi connectivity index (χ0v) is 12.7. The minimum Gasteiger partial charge on any atom is -0.330 e. The Kier molecular flexibility index (Phi) is 5.36. The molecule has 2 rings (SSSR count). The predicted octanol–water partition coefficient (Wildman–Crippen LogP) is 3.75. The Balaban J connectivity index is 2.35. The molecule has 1 aromatic carbocycles. The van der Waals surface area contributed by atoms with E-state index in [0.29, 0.717) is 12.1 Å². The minimum absolute atomic E-state index is 0.325. The van der Waals surface area contributed by atoms with Gasteiger partial charge >= 0.3 is 0 Å². The summed E-state index contributed by atoms with van der Waals surface area (Å²) in [6.45, 7) is 7.54. The van der Waals surface area contributed by atoms with Gasteiger partial charge < -0.3 is 9.88 Å². The number of nitrogens with zero attached hydrogens (tertiary/aromatic N) is 2. The first-order chi connectivity index (χ1) is 9.81. The molecule has 0 radical (unpaired) electrons. The SMILES string of the molecule is CCNC(c1ccccc1)C(CC)n1ccnc1CC. The predicted molar refractivity (Wildman–Crippen MR) is 83.8 cm³/mol. The van der Waals surface area contributed by atoms with Crippen molar-refractivity contribution in [2.75, 3.05) is 6.54 Å². The lowest BCUT2D eigenvalue weighted by Gasteiger charge is -2.30. The number of hydrogen-bond acceptors (Lipinski definition) is 2. The van der Waals surface area contributed by atoms with Gasteiger partial charge in [-0.25, -0.2) is 4.98 Å². The fourth-order valence-corrected chi connectivity index (χ4v) is 2.87. The lowest BCUT2D eigenvalue weighted by Crippen LogP contribution is -2.30. The zero-order chi connectivity index (χ0) is 14.4. The van der Waals surface area contributed by atoms with Crippen LogP contribution in [0.1, 0.15) is 50.7 Å². The molecule has 0 spiro atoms. The summed E-state index contributed by atoms with van der Waals surface area (Å²) in [5.41, 5.74) is 1.34. The number of nitrogens with one attached hydrogen (secondary N) is 1. The molecule has 0 saturated carbocycles. The number of rotatable bonds is 7. The molecule has 0 saturated heterocycles. The van der Waals surface area contributed by atoms with Crippen LogP contribution in [-0.4, -0.2) is 16.1 Å². The molecular weight excluding hydrogens is 246 g/mol. The van der Waals surface area contributed by atoms with Crippen molar-refractivity contribution in [2.45, 2.75) is 45.7 Å². The van der Waals surface area contributed by atoms with Crippen LogP contribution in [-0.2, 0) is 6.42 Å². The third kappa shape index (κ3) is 3.10. The summed E-state index contributed by atoms with van der Waals surface area (Å²) in [7, 11) is 0. The van der Waals surface area contributed by atoms with Gasteiger partial charge in [0.2, 0.25) is 0 Å². The van der Waals surface area contributed by atoms with Crippen LogP contribution in [0.5, 0.6) is 0 Å². The molecule has 3 heteroatoms. The molecule has 0 fully saturated rings. The second kappa shape index (κ2) is 7.25. The summed E-state index contributed by atoms with van der Waals surface area (Å²) in [5.74, 6) is 1.16. The third-order valence-corrected chi connectivity index (χ3v) is 3.81. The van der Waals surface area contributed by atoms with E-state index in [1.165, 1.54) is 5.56 Å². The van der Waals surface area contributed by atoms with Crippen molar-refractivity contribution in [3.63, 3.8) is 0 Å². The van der Waals surface area contributed by atoms with Crippen molar-refractivity contribution >= 4 is 0 Å². The molecular formula is C17H25N3. The van der Waals surface area contributed by atoms with Crippen molar-refractivity contribution in [3.8, 4) is 0 Å². The first-order valence-corrected chi connectivity index (χ1v) is 7.61. The van der Waals surface area contributed by atoms with E-state index in [0.717, 1.165) is 25.2 Å². The van der Waals surface area contributed by atoms with Gasteiger partial charge in [-0.15, -0.1) is 0 Å². The maximum atomic E-state index is 4.47. The molecule has 0 aliphatic heterocycles.